The van der Waals surface area contributed by atoms with Gasteiger partial charge in [-0.15, -0.1) is 4.99 Å². The maximum Gasteiger partial charge on any atom is 0.446 e. The Bertz CT molecular complexity index is 822. The zero-order valence-corrected chi connectivity index (χ0v) is 14.5. The number of aliphatic imine (C=N–C) groups is 1. The number of ether oxygens (including phenoxy) is 1. The predicted octanol–water partition coefficient (Wildman–Crippen LogP) is 0.520. The fourth-order valence-electron chi connectivity index (χ4n) is 2.77. The van der Waals surface area contributed by atoms with Crippen molar-refractivity contribution >= 4 is 29.9 Å². The van der Waals surface area contributed by atoms with Crippen molar-refractivity contribution in [3.63, 3.8) is 0 Å². The Morgan fingerprint density at radius 2 is 2.27 bits per heavy atom. The second-order valence-electron chi connectivity index (χ2n) is 5.69. The number of nitrogens with zero attached hydrogens (tertiary/aromatic N) is 3. The Labute approximate surface area is 149 Å². The first kappa shape index (κ1) is 17.6. The van der Waals surface area contributed by atoms with Crippen molar-refractivity contribution in [1.82, 2.24) is 10.2 Å². The van der Waals surface area contributed by atoms with Gasteiger partial charge in [-0.2, -0.15) is 9.48 Å². The van der Waals surface area contributed by atoms with E-state index in [0.717, 1.165) is 4.90 Å². The number of amides is 4. The number of carbonyl (C=O) groups excluding carboxylic acids is 3. The van der Waals surface area contributed by atoms with Crippen LogP contribution in [0, 0.1) is 5.92 Å². The van der Waals surface area contributed by atoms with Crippen molar-refractivity contribution in [2.45, 2.75) is 13.5 Å². The molecule has 1 N–H and O–H groups in total. The molecule has 0 radical (unpaired) electrons. The molecule has 1 aromatic heterocycles. The lowest BCUT2D eigenvalue weighted by atomic mass is 9.99. The molecule has 9 heteroatoms. The Balaban J connectivity index is 1.76. The van der Waals surface area contributed by atoms with Gasteiger partial charge in [-0.05, 0) is 19.1 Å². The number of rotatable bonds is 6. The minimum atomic E-state index is -0.833. The highest BCUT2D eigenvalue weighted by atomic mass is 16.5. The van der Waals surface area contributed by atoms with Crippen LogP contribution in [-0.4, -0.2) is 59.6 Å². The van der Waals surface area contributed by atoms with E-state index in [0.29, 0.717) is 18.1 Å². The molecule has 0 saturated heterocycles. The van der Waals surface area contributed by atoms with Crippen LogP contribution in [0.3, 0.4) is 0 Å². The fraction of sp³-hybridized carbons (Fsp3) is 0.353. The molecule has 1 atom stereocenters. The number of urea groups is 1. The Kier molecular flexibility index (Phi) is 4.97. The third-order valence-electron chi connectivity index (χ3n) is 4.02. The van der Waals surface area contributed by atoms with Gasteiger partial charge in [-0.3, -0.25) is 9.59 Å². The predicted molar refractivity (Wildman–Crippen MR) is 90.5 cm³/mol. The molecule has 0 saturated carbocycles. The molecular weight excluding hydrogens is 340 g/mol. The first-order valence-electron chi connectivity index (χ1n) is 8.15. The highest BCUT2D eigenvalue weighted by Gasteiger charge is 2.50. The number of imide groups is 1. The number of dihydropyridines is 1. The van der Waals surface area contributed by atoms with Crippen molar-refractivity contribution in [2.24, 2.45) is 10.9 Å². The van der Waals surface area contributed by atoms with Gasteiger partial charge in [0.05, 0.1) is 26.5 Å². The van der Waals surface area contributed by atoms with Crippen molar-refractivity contribution in [1.29, 1.82) is 0 Å². The minimum absolute atomic E-state index is 0.174. The number of amidine groups is 1. The summed E-state index contributed by atoms with van der Waals surface area (Å²) in [6.07, 6.45) is 4.57. The zero-order chi connectivity index (χ0) is 18.7. The van der Waals surface area contributed by atoms with Crippen molar-refractivity contribution in [3.8, 4) is 0 Å². The summed E-state index contributed by atoms with van der Waals surface area (Å²) in [6, 6.07) is 2.81. The second kappa shape index (κ2) is 7.34. The minimum Gasteiger partial charge on any atom is -0.497 e. The molecule has 26 heavy (non-hydrogen) atoms. The van der Waals surface area contributed by atoms with E-state index in [9.17, 15) is 14.4 Å². The third kappa shape index (κ3) is 3.28. The molecule has 0 spiro atoms. The van der Waals surface area contributed by atoms with Gasteiger partial charge in [0.25, 0.3) is 11.7 Å². The van der Waals surface area contributed by atoms with E-state index in [1.807, 2.05) is 0 Å². The maximum absolute atomic E-state index is 12.8. The van der Waals surface area contributed by atoms with E-state index in [4.69, 9.17) is 9.15 Å². The van der Waals surface area contributed by atoms with Crippen LogP contribution in [0.4, 0.5) is 4.79 Å². The molecule has 136 valence electrons. The number of nitrogens with one attached hydrogen (secondary N) is 1. The van der Waals surface area contributed by atoms with E-state index in [-0.39, 0.29) is 12.4 Å². The molecular formula is C17H19N4O5+. The summed E-state index contributed by atoms with van der Waals surface area (Å²) in [5, 5.41) is 2.62. The molecule has 0 aromatic carbocycles. The summed E-state index contributed by atoms with van der Waals surface area (Å²) >= 11 is 0. The van der Waals surface area contributed by atoms with Crippen molar-refractivity contribution in [2.75, 3.05) is 20.2 Å². The SMILES string of the molecule is CCOC1=CC=NC2=[N+](C)C(=O)N(CC(=O)NCc3ccco3)C(=O)C12. The molecule has 3 rings (SSSR count). The summed E-state index contributed by atoms with van der Waals surface area (Å²) in [4.78, 5) is 42.5. The van der Waals surface area contributed by atoms with Crippen LogP contribution < -0.4 is 5.32 Å². The highest BCUT2D eigenvalue weighted by Crippen LogP contribution is 2.24. The zero-order valence-electron chi connectivity index (χ0n) is 14.5. The highest BCUT2D eigenvalue weighted by molar-refractivity contribution is 6.16. The summed E-state index contributed by atoms with van der Waals surface area (Å²) in [5.41, 5.74) is 0. The lowest BCUT2D eigenvalue weighted by molar-refractivity contribution is -0.408. The Hall–Kier alpha value is -3.23. The topological polar surface area (TPSA) is 104 Å². The number of hydrogen-bond donors (Lipinski definition) is 1. The fourth-order valence-corrected chi connectivity index (χ4v) is 2.77. The first-order valence-corrected chi connectivity index (χ1v) is 8.15. The van der Waals surface area contributed by atoms with E-state index in [2.05, 4.69) is 10.3 Å². The monoisotopic (exact) mass is 359 g/mol. The first-order chi connectivity index (χ1) is 12.5. The average molecular weight is 359 g/mol. The maximum atomic E-state index is 12.8. The van der Waals surface area contributed by atoms with Gasteiger partial charge in [0.15, 0.2) is 12.5 Å². The summed E-state index contributed by atoms with van der Waals surface area (Å²) in [7, 11) is 1.51. The standard InChI is InChI=1S/C17H18N4O5/c1-3-25-12-6-7-18-15-14(12)16(23)21(17(24)20(15)2)10-13(22)19-9-11-5-4-8-26-11/h4-8,14H,3,9-10H2,1-2H3/p+1. The van der Waals surface area contributed by atoms with Gasteiger partial charge >= 0.3 is 11.9 Å². The molecule has 0 fully saturated rings. The van der Waals surface area contributed by atoms with Crippen LogP contribution in [0.5, 0.6) is 0 Å². The average Bonchev–Trinajstić information content (AvgIpc) is 3.15. The number of carbonyl (C=O) groups is 3. The van der Waals surface area contributed by atoms with Gasteiger partial charge in [-0.1, -0.05) is 0 Å². The van der Waals surface area contributed by atoms with Gasteiger partial charge in [-0.25, -0.2) is 4.79 Å². The van der Waals surface area contributed by atoms with Crippen molar-refractivity contribution in [3.05, 3.63) is 36.0 Å². The van der Waals surface area contributed by atoms with E-state index >= 15 is 0 Å². The molecule has 3 heterocycles. The number of allylic oxidation sites excluding steroid dienone is 1. The van der Waals surface area contributed by atoms with Gasteiger partial charge in [0, 0.05) is 6.08 Å². The molecule has 4 amide bonds. The Morgan fingerprint density at radius 1 is 1.46 bits per heavy atom. The molecule has 9 nitrogen and oxygen atoms in total. The summed E-state index contributed by atoms with van der Waals surface area (Å²) < 4.78 is 11.9. The molecule has 0 aliphatic carbocycles. The number of furan rings is 1. The van der Waals surface area contributed by atoms with Crippen LogP contribution in [0.15, 0.2) is 39.6 Å². The third-order valence-corrected chi connectivity index (χ3v) is 4.02. The lowest BCUT2D eigenvalue weighted by Crippen LogP contribution is -2.56. The number of fused-ring (bicyclic) bond motifs is 1. The van der Waals surface area contributed by atoms with Crippen LogP contribution in [0.1, 0.15) is 12.7 Å². The smallest absolute Gasteiger partial charge is 0.446 e. The molecule has 1 unspecified atom stereocenters. The van der Waals surface area contributed by atoms with Crippen molar-refractivity contribution < 1.29 is 28.1 Å². The molecule has 2 aliphatic rings. The number of hydrogen-bond acceptors (Lipinski definition) is 6. The Morgan fingerprint density at radius 3 is 2.96 bits per heavy atom. The van der Waals surface area contributed by atoms with Gasteiger partial charge < -0.3 is 14.5 Å². The molecule has 1 aromatic rings. The quantitative estimate of drug-likeness (QED) is 0.746. The van der Waals surface area contributed by atoms with Gasteiger partial charge in [0.1, 0.15) is 17.7 Å². The summed E-state index contributed by atoms with van der Waals surface area (Å²) in [6.45, 7) is 1.95. The normalized spacial score (nSPS) is 19.4. The lowest BCUT2D eigenvalue weighted by Gasteiger charge is -2.27. The molecule has 0 bridgehead atoms. The van der Waals surface area contributed by atoms with E-state index < -0.39 is 30.3 Å². The van der Waals surface area contributed by atoms with Crippen LogP contribution in [0.25, 0.3) is 0 Å². The summed E-state index contributed by atoms with van der Waals surface area (Å²) in [5.74, 6) is -0.568. The van der Waals surface area contributed by atoms with Gasteiger partial charge in [0.2, 0.25) is 0 Å². The van der Waals surface area contributed by atoms with E-state index in [1.165, 1.54) is 24.1 Å². The molecule has 2 aliphatic heterocycles. The largest absolute Gasteiger partial charge is 0.497 e. The van der Waals surface area contributed by atoms with Crippen LogP contribution in [-0.2, 0) is 20.9 Å². The van der Waals surface area contributed by atoms with Crippen LogP contribution >= 0.6 is 0 Å². The van der Waals surface area contributed by atoms with Crippen LogP contribution in [0.2, 0.25) is 0 Å². The van der Waals surface area contributed by atoms with E-state index in [1.54, 1.807) is 25.1 Å². The second-order valence-corrected chi connectivity index (χ2v) is 5.69.